The molecular formula is C67H131NO8. The second kappa shape index (κ2) is 57.2. The van der Waals surface area contributed by atoms with E-state index in [9.17, 15) is 30.3 Å². The van der Waals surface area contributed by atoms with Gasteiger partial charge >= 0.3 is 0 Å². The summed E-state index contributed by atoms with van der Waals surface area (Å²) in [5.74, 6) is -0.168. The van der Waals surface area contributed by atoms with Crippen molar-refractivity contribution in [2.45, 2.75) is 397 Å². The van der Waals surface area contributed by atoms with Gasteiger partial charge in [0.15, 0.2) is 6.29 Å². The molecule has 76 heavy (non-hydrogen) atoms. The van der Waals surface area contributed by atoms with Crippen LogP contribution in [0.15, 0.2) is 12.2 Å². The third-order valence-corrected chi connectivity index (χ3v) is 16.6. The Morgan fingerprint density at radius 1 is 0.434 bits per heavy atom. The second-order valence-corrected chi connectivity index (χ2v) is 24.0. The fraction of sp³-hybridized carbons (Fsp3) is 0.955. The zero-order valence-corrected chi connectivity index (χ0v) is 50.5. The summed E-state index contributed by atoms with van der Waals surface area (Å²) in [6.45, 7) is 3.83. The number of ether oxygens (including phenoxy) is 2. The molecule has 0 spiro atoms. The topological polar surface area (TPSA) is 149 Å². The van der Waals surface area contributed by atoms with Crippen molar-refractivity contribution in [1.82, 2.24) is 5.32 Å². The molecular weight excluding hydrogens is 947 g/mol. The lowest BCUT2D eigenvalue weighted by Crippen LogP contribution is -2.60. The predicted octanol–water partition coefficient (Wildman–Crippen LogP) is 17.9. The van der Waals surface area contributed by atoms with Crippen LogP contribution in [-0.4, -0.2) is 87.5 Å². The summed E-state index contributed by atoms with van der Waals surface area (Å²) in [5.41, 5.74) is 0. The molecule has 1 rings (SSSR count). The standard InChI is InChI=1S/C67H131NO8/c1-3-5-7-9-11-13-15-17-19-21-22-23-24-25-26-27-28-29-30-31-32-33-34-35-36-37-38-39-41-43-45-47-49-51-53-55-57-63(71)68-60(59-75-67-66(74)65(73)64(72)62(58-69)76-67)61(70)56-54-52-50-48-46-44-42-40-20-18-16-14-12-10-8-6-4-2/h54,56,60-62,64-67,69-70,72-74H,3-53,55,57-59H2,1-2H3,(H,68,71)/b56-54+/t60-,61+,62+,64-,65?,66?,67+/m0/s1. The van der Waals surface area contributed by atoms with Gasteiger partial charge < -0.3 is 40.3 Å². The third kappa shape index (κ3) is 45.6. The Hall–Kier alpha value is -1.07. The van der Waals surface area contributed by atoms with Crippen LogP contribution in [-0.2, 0) is 14.3 Å². The Morgan fingerprint density at radius 3 is 1.03 bits per heavy atom. The summed E-state index contributed by atoms with van der Waals surface area (Å²) in [6.07, 6.45) is 66.1. The van der Waals surface area contributed by atoms with E-state index in [0.29, 0.717) is 6.42 Å². The molecule has 0 aliphatic carbocycles. The third-order valence-electron chi connectivity index (χ3n) is 16.6. The molecule has 2 unspecified atom stereocenters. The van der Waals surface area contributed by atoms with Gasteiger partial charge in [-0.1, -0.05) is 341 Å². The predicted molar refractivity (Wildman–Crippen MR) is 323 cm³/mol. The van der Waals surface area contributed by atoms with Crippen LogP contribution in [0, 0.1) is 0 Å². The monoisotopic (exact) mass is 1080 g/mol. The summed E-state index contributed by atoms with van der Waals surface area (Å²) in [6, 6.07) is -0.801. The van der Waals surface area contributed by atoms with Gasteiger partial charge in [-0.3, -0.25) is 4.79 Å². The Labute approximate surface area is 471 Å². The smallest absolute Gasteiger partial charge is 0.220 e. The largest absolute Gasteiger partial charge is 0.394 e. The van der Waals surface area contributed by atoms with Crippen LogP contribution in [0.4, 0.5) is 0 Å². The molecule has 1 saturated heterocycles. The van der Waals surface area contributed by atoms with E-state index in [0.717, 1.165) is 38.5 Å². The molecule has 0 radical (unpaired) electrons. The zero-order valence-electron chi connectivity index (χ0n) is 50.5. The van der Waals surface area contributed by atoms with Crippen LogP contribution in [0.1, 0.15) is 354 Å². The molecule has 1 aliphatic rings. The van der Waals surface area contributed by atoms with Gasteiger partial charge in [-0.25, -0.2) is 0 Å². The SMILES string of the molecule is CCCCCCCCCCCCCCCCC/C=C/[C@@H](O)[C@H](CO[C@@H]1O[C@H](CO)[C@H](O)C(O)C1O)NC(=O)CCCCCCCCCCCCCCCCCCCCCCCCCCCCCCCCCCCCCC. The van der Waals surface area contributed by atoms with Gasteiger partial charge in [0.1, 0.15) is 24.4 Å². The van der Waals surface area contributed by atoms with Gasteiger partial charge in [-0.2, -0.15) is 0 Å². The van der Waals surface area contributed by atoms with Crippen molar-refractivity contribution in [1.29, 1.82) is 0 Å². The molecule has 0 aromatic carbocycles. The molecule has 1 fully saturated rings. The molecule has 9 heteroatoms. The summed E-state index contributed by atoms with van der Waals surface area (Å²) in [4.78, 5) is 13.1. The Balaban J connectivity index is 2.06. The van der Waals surface area contributed by atoms with Crippen LogP contribution in [0.3, 0.4) is 0 Å². The van der Waals surface area contributed by atoms with Gasteiger partial charge in [0.05, 0.1) is 25.4 Å². The van der Waals surface area contributed by atoms with E-state index in [1.807, 2.05) is 6.08 Å². The number of carbonyl (C=O) groups excluding carboxylic acids is 1. The maximum absolute atomic E-state index is 13.1. The molecule has 7 atom stereocenters. The molecule has 0 saturated carbocycles. The van der Waals surface area contributed by atoms with E-state index in [4.69, 9.17) is 9.47 Å². The summed E-state index contributed by atoms with van der Waals surface area (Å²) in [5, 5.41) is 54.6. The normalized spacial score (nSPS) is 18.8. The number of aliphatic hydroxyl groups excluding tert-OH is 5. The first-order valence-corrected chi connectivity index (χ1v) is 33.9. The minimum atomic E-state index is -1.56. The molecule has 6 N–H and O–H groups in total. The van der Waals surface area contributed by atoms with Crippen LogP contribution >= 0.6 is 0 Å². The Morgan fingerprint density at radius 2 is 0.724 bits per heavy atom. The molecule has 9 nitrogen and oxygen atoms in total. The first-order chi connectivity index (χ1) is 37.3. The van der Waals surface area contributed by atoms with Gasteiger partial charge in [-0.05, 0) is 19.3 Å². The number of amides is 1. The molecule has 452 valence electrons. The molecule has 0 bridgehead atoms. The van der Waals surface area contributed by atoms with Crippen molar-refractivity contribution in [3.05, 3.63) is 12.2 Å². The first kappa shape index (κ1) is 72.9. The van der Waals surface area contributed by atoms with Crippen molar-refractivity contribution in [2.75, 3.05) is 13.2 Å². The number of carbonyl (C=O) groups is 1. The average molecular weight is 1080 g/mol. The maximum Gasteiger partial charge on any atom is 0.220 e. The van der Waals surface area contributed by atoms with Crippen molar-refractivity contribution < 1.29 is 39.8 Å². The van der Waals surface area contributed by atoms with Crippen LogP contribution < -0.4 is 5.32 Å². The fourth-order valence-electron chi connectivity index (χ4n) is 11.3. The molecule has 1 amide bonds. The van der Waals surface area contributed by atoms with E-state index < -0.39 is 49.5 Å². The van der Waals surface area contributed by atoms with E-state index in [1.165, 1.54) is 295 Å². The number of hydrogen-bond acceptors (Lipinski definition) is 8. The van der Waals surface area contributed by atoms with E-state index in [-0.39, 0.29) is 12.5 Å². The van der Waals surface area contributed by atoms with Crippen molar-refractivity contribution >= 4 is 5.91 Å². The number of aliphatic hydroxyl groups is 5. The quantitative estimate of drug-likeness (QED) is 0.0261. The molecule has 0 aromatic heterocycles. The molecule has 0 aromatic rings. The lowest BCUT2D eigenvalue weighted by molar-refractivity contribution is -0.302. The number of allylic oxidation sites excluding steroid dienone is 1. The zero-order chi connectivity index (χ0) is 55.0. The Kier molecular flexibility index (Phi) is 54.9. The van der Waals surface area contributed by atoms with E-state index in [2.05, 4.69) is 19.2 Å². The van der Waals surface area contributed by atoms with Crippen LogP contribution in [0.25, 0.3) is 0 Å². The van der Waals surface area contributed by atoms with Crippen LogP contribution in [0.5, 0.6) is 0 Å². The first-order valence-electron chi connectivity index (χ1n) is 33.9. The van der Waals surface area contributed by atoms with Gasteiger partial charge in [-0.15, -0.1) is 0 Å². The highest BCUT2D eigenvalue weighted by atomic mass is 16.7. The van der Waals surface area contributed by atoms with Crippen molar-refractivity contribution in [3.63, 3.8) is 0 Å². The number of nitrogens with one attached hydrogen (secondary N) is 1. The van der Waals surface area contributed by atoms with E-state index in [1.54, 1.807) is 6.08 Å². The van der Waals surface area contributed by atoms with Gasteiger partial charge in [0.25, 0.3) is 0 Å². The fourth-order valence-corrected chi connectivity index (χ4v) is 11.3. The van der Waals surface area contributed by atoms with E-state index >= 15 is 0 Å². The summed E-state index contributed by atoms with van der Waals surface area (Å²) < 4.78 is 11.3. The second-order valence-electron chi connectivity index (χ2n) is 24.0. The van der Waals surface area contributed by atoms with Gasteiger partial charge in [0, 0.05) is 6.42 Å². The Bertz CT molecular complexity index is 1200. The highest BCUT2D eigenvalue weighted by Gasteiger charge is 2.44. The highest BCUT2D eigenvalue weighted by Crippen LogP contribution is 2.23. The van der Waals surface area contributed by atoms with Crippen molar-refractivity contribution in [3.8, 4) is 0 Å². The maximum atomic E-state index is 13.1. The average Bonchev–Trinajstić information content (AvgIpc) is 3.42. The summed E-state index contributed by atoms with van der Waals surface area (Å²) in [7, 11) is 0. The van der Waals surface area contributed by atoms with Crippen LogP contribution in [0.2, 0.25) is 0 Å². The number of unbranched alkanes of at least 4 members (excludes halogenated alkanes) is 50. The molecule has 1 heterocycles. The molecule has 1 aliphatic heterocycles. The minimum Gasteiger partial charge on any atom is -0.394 e. The minimum absolute atomic E-state index is 0.168. The highest BCUT2D eigenvalue weighted by molar-refractivity contribution is 5.76. The lowest BCUT2D eigenvalue weighted by Gasteiger charge is -2.40. The lowest BCUT2D eigenvalue weighted by atomic mass is 9.99. The van der Waals surface area contributed by atoms with Gasteiger partial charge in [0.2, 0.25) is 5.91 Å². The number of rotatable bonds is 60. The summed E-state index contributed by atoms with van der Waals surface area (Å²) >= 11 is 0. The number of hydrogen-bond donors (Lipinski definition) is 6. The van der Waals surface area contributed by atoms with Crippen molar-refractivity contribution in [2.24, 2.45) is 0 Å².